The van der Waals surface area contributed by atoms with Gasteiger partial charge in [0.1, 0.15) is 17.3 Å². The molecule has 1 aromatic carbocycles. The number of nitrogens with one attached hydrogen (secondary N) is 1. The quantitative estimate of drug-likeness (QED) is 0.744. The van der Waals surface area contributed by atoms with Gasteiger partial charge in [0.05, 0.1) is 23.2 Å². The molecule has 2 aromatic heterocycles. The van der Waals surface area contributed by atoms with Crippen LogP contribution in [0.2, 0.25) is 0 Å². The van der Waals surface area contributed by atoms with E-state index in [0.29, 0.717) is 29.0 Å². The fourth-order valence-electron chi connectivity index (χ4n) is 3.58. The summed E-state index contributed by atoms with van der Waals surface area (Å²) in [5.41, 5.74) is 1.81. The van der Waals surface area contributed by atoms with Crippen LogP contribution in [-0.4, -0.2) is 40.2 Å². The molecule has 1 atom stereocenters. The van der Waals surface area contributed by atoms with Crippen molar-refractivity contribution in [3.8, 4) is 0 Å². The standard InChI is InChI=1S/C18H19FN4O3S/c1-11-7-17(23(21-11)14-5-6-27(25,26)10-14)20-18(24)16-9-12-8-13(19)3-4-15(12)22(16)2/h3-4,7-9,14H,5-6,10H2,1-2H3,(H,20,24)/t14-/m0/s1. The van der Waals surface area contributed by atoms with E-state index in [9.17, 15) is 17.6 Å². The van der Waals surface area contributed by atoms with Crippen LogP contribution in [0.25, 0.3) is 10.9 Å². The van der Waals surface area contributed by atoms with Gasteiger partial charge in [0.15, 0.2) is 9.84 Å². The molecular weight excluding hydrogens is 371 g/mol. The van der Waals surface area contributed by atoms with Crippen molar-refractivity contribution in [2.75, 3.05) is 16.8 Å². The first-order chi connectivity index (χ1) is 12.7. The Kier molecular flexibility index (Phi) is 4.06. The number of hydrogen-bond donors (Lipinski definition) is 1. The molecule has 3 aromatic rings. The third-order valence-corrected chi connectivity index (χ3v) is 6.64. The molecule has 1 saturated heterocycles. The Morgan fingerprint density at radius 3 is 2.78 bits per heavy atom. The van der Waals surface area contributed by atoms with Crippen molar-refractivity contribution in [2.45, 2.75) is 19.4 Å². The number of nitrogens with zero attached hydrogens (tertiary/aromatic N) is 3. The molecule has 0 saturated carbocycles. The molecule has 1 N–H and O–H groups in total. The molecule has 0 unspecified atom stereocenters. The van der Waals surface area contributed by atoms with Gasteiger partial charge in [-0.15, -0.1) is 0 Å². The highest BCUT2D eigenvalue weighted by Crippen LogP contribution is 2.28. The number of sulfone groups is 1. The number of anilines is 1. The number of rotatable bonds is 3. The highest BCUT2D eigenvalue weighted by atomic mass is 32.2. The molecule has 142 valence electrons. The van der Waals surface area contributed by atoms with Gasteiger partial charge in [0.25, 0.3) is 5.91 Å². The topological polar surface area (TPSA) is 86.0 Å². The second-order valence-corrected chi connectivity index (χ2v) is 9.15. The van der Waals surface area contributed by atoms with Crippen LogP contribution < -0.4 is 5.32 Å². The summed E-state index contributed by atoms with van der Waals surface area (Å²) in [6.07, 6.45) is 0.472. The van der Waals surface area contributed by atoms with Gasteiger partial charge in [-0.05, 0) is 37.6 Å². The van der Waals surface area contributed by atoms with E-state index in [1.807, 2.05) is 0 Å². The molecular formula is C18H19FN4O3S. The van der Waals surface area contributed by atoms with Crippen LogP contribution in [0, 0.1) is 12.7 Å². The van der Waals surface area contributed by atoms with Crippen molar-refractivity contribution in [3.63, 3.8) is 0 Å². The molecule has 0 aliphatic carbocycles. The van der Waals surface area contributed by atoms with E-state index in [4.69, 9.17) is 0 Å². The van der Waals surface area contributed by atoms with Gasteiger partial charge in [-0.2, -0.15) is 5.10 Å². The van der Waals surface area contributed by atoms with Gasteiger partial charge in [-0.3, -0.25) is 4.79 Å². The van der Waals surface area contributed by atoms with Gasteiger partial charge in [-0.1, -0.05) is 0 Å². The van der Waals surface area contributed by atoms with Crippen LogP contribution in [-0.2, 0) is 16.9 Å². The molecule has 0 spiro atoms. The Morgan fingerprint density at radius 1 is 1.30 bits per heavy atom. The van der Waals surface area contributed by atoms with Crippen molar-refractivity contribution in [3.05, 3.63) is 47.5 Å². The largest absolute Gasteiger partial charge is 0.340 e. The van der Waals surface area contributed by atoms with Crippen molar-refractivity contribution >= 4 is 32.5 Å². The zero-order chi connectivity index (χ0) is 19.3. The Bertz CT molecular complexity index is 1160. The lowest BCUT2D eigenvalue weighted by atomic mass is 10.2. The average Bonchev–Trinajstić information content (AvgIpc) is 3.23. The molecule has 1 amide bonds. The lowest BCUT2D eigenvalue weighted by molar-refractivity contribution is 0.101. The van der Waals surface area contributed by atoms with Crippen LogP contribution in [0.5, 0.6) is 0 Å². The summed E-state index contributed by atoms with van der Waals surface area (Å²) in [7, 11) is -1.34. The van der Waals surface area contributed by atoms with Crippen molar-refractivity contribution in [1.82, 2.24) is 14.3 Å². The van der Waals surface area contributed by atoms with Crippen LogP contribution in [0.3, 0.4) is 0 Å². The average molecular weight is 390 g/mol. The van der Waals surface area contributed by atoms with Gasteiger partial charge >= 0.3 is 0 Å². The fourth-order valence-corrected chi connectivity index (χ4v) is 5.27. The first kappa shape index (κ1) is 17.7. The van der Waals surface area contributed by atoms with Gasteiger partial charge < -0.3 is 9.88 Å². The molecule has 0 bridgehead atoms. The van der Waals surface area contributed by atoms with Gasteiger partial charge in [0, 0.05) is 24.0 Å². The van der Waals surface area contributed by atoms with Crippen LogP contribution in [0.15, 0.2) is 30.3 Å². The molecule has 9 heteroatoms. The summed E-state index contributed by atoms with van der Waals surface area (Å²) in [6, 6.07) is 7.40. The number of aromatic nitrogens is 3. The lowest BCUT2D eigenvalue weighted by Gasteiger charge is -2.14. The van der Waals surface area contributed by atoms with Crippen LogP contribution >= 0.6 is 0 Å². The number of fused-ring (bicyclic) bond motifs is 1. The Hall–Kier alpha value is -2.68. The number of benzene rings is 1. The van der Waals surface area contributed by atoms with E-state index >= 15 is 0 Å². The maximum absolute atomic E-state index is 13.4. The first-order valence-electron chi connectivity index (χ1n) is 8.56. The molecule has 0 radical (unpaired) electrons. The zero-order valence-corrected chi connectivity index (χ0v) is 15.8. The number of halogens is 1. The monoisotopic (exact) mass is 390 g/mol. The number of carbonyl (C=O) groups is 1. The molecule has 4 rings (SSSR count). The van der Waals surface area contributed by atoms with Gasteiger partial charge in [0.2, 0.25) is 0 Å². The smallest absolute Gasteiger partial charge is 0.273 e. The SMILES string of the molecule is Cc1cc(NC(=O)c2cc3cc(F)ccc3n2C)n([C@H]2CCS(=O)(=O)C2)n1. The maximum Gasteiger partial charge on any atom is 0.273 e. The summed E-state index contributed by atoms with van der Waals surface area (Å²) < 4.78 is 40.3. The summed E-state index contributed by atoms with van der Waals surface area (Å²) in [4.78, 5) is 12.8. The van der Waals surface area contributed by atoms with Crippen LogP contribution in [0.1, 0.15) is 28.6 Å². The summed E-state index contributed by atoms with van der Waals surface area (Å²) in [5, 5.41) is 7.82. The van der Waals surface area contributed by atoms with Crippen molar-refractivity contribution < 1.29 is 17.6 Å². The Labute approximate surface area is 155 Å². The predicted molar refractivity (Wildman–Crippen MR) is 100 cm³/mol. The highest BCUT2D eigenvalue weighted by molar-refractivity contribution is 7.91. The molecule has 1 aliphatic rings. The molecule has 7 nitrogen and oxygen atoms in total. The second kappa shape index (κ2) is 6.19. The van der Waals surface area contributed by atoms with E-state index in [1.54, 1.807) is 41.4 Å². The first-order valence-corrected chi connectivity index (χ1v) is 10.4. The minimum Gasteiger partial charge on any atom is -0.340 e. The number of amides is 1. The third-order valence-electron chi connectivity index (χ3n) is 4.89. The second-order valence-electron chi connectivity index (χ2n) is 6.92. The molecule has 27 heavy (non-hydrogen) atoms. The van der Waals surface area contributed by atoms with E-state index in [2.05, 4.69) is 10.4 Å². The highest BCUT2D eigenvalue weighted by Gasteiger charge is 2.31. The number of hydrogen-bond acceptors (Lipinski definition) is 4. The maximum atomic E-state index is 13.4. The molecule has 1 fully saturated rings. The predicted octanol–water partition coefficient (Wildman–Crippen LogP) is 2.43. The Balaban J connectivity index is 1.65. The fraction of sp³-hybridized carbons (Fsp3) is 0.333. The Morgan fingerprint density at radius 2 is 2.07 bits per heavy atom. The van der Waals surface area contributed by atoms with E-state index in [-0.39, 0.29) is 29.3 Å². The summed E-state index contributed by atoms with van der Waals surface area (Å²) >= 11 is 0. The summed E-state index contributed by atoms with van der Waals surface area (Å²) in [6.45, 7) is 1.79. The summed E-state index contributed by atoms with van der Waals surface area (Å²) in [5.74, 6) is -0.133. The van der Waals surface area contributed by atoms with E-state index in [1.165, 1.54) is 12.1 Å². The van der Waals surface area contributed by atoms with Crippen LogP contribution in [0.4, 0.5) is 10.2 Å². The van der Waals surface area contributed by atoms with Crippen molar-refractivity contribution in [2.24, 2.45) is 7.05 Å². The number of aryl methyl sites for hydroxylation is 2. The number of carbonyl (C=O) groups excluding carboxylic acids is 1. The van der Waals surface area contributed by atoms with Crippen molar-refractivity contribution in [1.29, 1.82) is 0 Å². The normalized spacial score (nSPS) is 18.9. The van der Waals surface area contributed by atoms with E-state index in [0.717, 1.165) is 5.52 Å². The lowest BCUT2D eigenvalue weighted by Crippen LogP contribution is -2.21. The minimum atomic E-state index is -3.07. The minimum absolute atomic E-state index is 0.0182. The van der Waals surface area contributed by atoms with E-state index < -0.39 is 9.84 Å². The van der Waals surface area contributed by atoms with Gasteiger partial charge in [-0.25, -0.2) is 17.5 Å². The third kappa shape index (κ3) is 3.23. The zero-order valence-electron chi connectivity index (χ0n) is 14.9. The molecule has 1 aliphatic heterocycles. The molecule has 3 heterocycles.